The van der Waals surface area contributed by atoms with Crippen LogP contribution in [0.4, 0.5) is 0 Å². The van der Waals surface area contributed by atoms with E-state index in [1.54, 1.807) is 0 Å². The lowest BCUT2D eigenvalue weighted by molar-refractivity contribution is 0.233. The van der Waals surface area contributed by atoms with Gasteiger partial charge < -0.3 is 16.8 Å². The number of hydrogen-bond acceptors (Lipinski definition) is 7. The van der Waals surface area contributed by atoms with E-state index >= 15 is 0 Å². The maximum absolute atomic E-state index is 6.30. The van der Waals surface area contributed by atoms with Gasteiger partial charge in [0, 0.05) is 44.5 Å². The lowest BCUT2D eigenvalue weighted by atomic mass is 10.1. The predicted molar refractivity (Wildman–Crippen MR) is 134 cm³/mol. The van der Waals surface area contributed by atoms with Crippen molar-refractivity contribution in [1.82, 2.24) is 24.6 Å². The summed E-state index contributed by atoms with van der Waals surface area (Å²) in [6, 6.07) is 14.3. The van der Waals surface area contributed by atoms with Crippen LogP contribution in [-0.4, -0.2) is 58.0 Å². The van der Waals surface area contributed by atoms with E-state index in [1.807, 2.05) is 37.3 Å². The largest absolute Gasteiger partial charge is 0.383 e. The molecular formula is C24H28N8S. The van der Waals surface area contributed by atoms with Crippen LogP contribution in [0.15, 0.2) is 53.7 Å². The number of fused-ring (bicyclic) bond motifs is 1. The van der Waals surface area contributed by atoms with Crippen LogP contribution in [0.3, 0.4) is 0 Å². The first-order valence-corrected chi connectivity index (χ1v) is 11.9. The van der Waals surface area contributed by atoms with E-state index in [0.717, 1.165) is 70.9 Å². The molecule has 1 aliphatic rings. The van der Waals surface area contributed by atoms with E-state index in [2.05, 4.69) is 37.9 Å². The molecule has 0 aliphatic carbocycles. The zero-order valence-electron chi connectivity index (χ0n) is 18.7. The van der Waals surface area contributed by atoms with Gasteiger partial charge in [0.05, 0.1) is 22.9 Å². The van der Waals surface area contributed by atoms with E-state index in [9.17, 15) is 0 Å². The fourth-order valence-electron chi connectivity index (χ4n) is 4.24. The molecule has 5 rings (SSSR count). The van der Waals surface area contributed by atoms with Crippen LogP contribution >= 0.6 is 11.3 Å². The van der Waals surface area contributed by atoms with Gasteiger partial charge >= 0.3 is 0 Å². The second-order valence-corrected chi connectivity index (χ2v) is 9.13. The van der Waals surface area contributed by atoms with Crippen molar-refractivity contribution < 1.29 is 0 Å². The third-order valence-corrected chi connectivity index (χ3v) is 6.93. The summed E-state index contributed by atoms with van der Waals surface area (Å²) in [5, 5.41) is 4.28. The molecule has 8 nitrogen and oxygen atoms in total. The fraction of sp³-hybridized carbons (Fsp3) is 0.292. The van der Waals surface area contributed by atoms with Crippen molar-refractivity contribution in [2.75, 3.05) is 32.8 Å². The minimum Gasteiger partial charge on any atom is -0.383 e. The van der Waals surface area contributed by atoms with E-state index in [4.69, 9.17) is 21.4 Å². The number of aryl methyl sites for hydroxylation is 1. The van der Waals surface area contributed by atoms with Crippen LogP contribution in [0.5, 0.6) is 0 Å². The highest BCUT2D eigenvalue weighted by atomic mass is 32.1. The number of hydrogen-bond donors (Lipinski definition) is 3. The Labute approximate surface area is 197 Å². The van der Waals surface area contributed by atoms with Crippen molar-refractivity contribution in [3.05, 3.63) is 64.8 Å². The van der Waals surface area contributed by atoms with Crippen molar-refractivity contribution in [3.63, 3.8) is 0 Å². The molecule has 170 valence electrons. The SMILES string of the molecule is Cc1nc2ccc(CN3CCNCC3)cn2c1-c1nc(-c2ccccc2)c(C(N)=NCN)s1. The fourth-order valence-corrected chi connectivity index (χ4v) is 5.34. The Balaban J connectivity index is 1.60. The molecule has 1 aliphatic heterocycles. The molecule has 0 amide bonds. The Morgan fingerprint density at radius 2 is 1.91 bits per heavy atom. The van der Waals surface area contributed by atoms with Gasteiger partial charge in [-0.25, -0.2) is 9.97 Å². The summed E-state index contributed by atoms with van der Waals surface area (Å²) in [7, 11) is 0. The molecule has 4 heterocycles. The smallest absolute Gasteiger partial charge is 0.143 e. The predicted octanol–water partition coefficient (Wildman–Crippen LogP) is 2.46. The number of rotatable bonds is 6. The summed E-state index contributed by atoms with van der Waals surface area (Å²) in [6.07, 6.45) is 2.19. The second-order valence-electron chi connectivity index (χ2n) is 8.13. The van der Waals surface area contributed by atoms with Crippen molar-refractivity contribution in [2.45, 2.75) is 13.5 Å². The Kier molecular flexibility index (Phi) is 6.19. The van der Waals surface area contributed by atoms with Crippen LogP contribution in [0.1, 0.15) is 16.1 Å². The lowest BCUT2D eigenvalue weighted by Crippen LogP contribution is -2.42. The number of piperazine rings is 1. The zero-order valence-corrected chi connectivity index (χ0v) is 19.5. The summed E-state index contributed by atoms with van der Waals surface area (Å²) >= 11 is 1.53. The van der Waals surface area contributed by atoms with Crippen LogP contribution in [0.2, 0.25) is 0 Å². The molecule has 0 radical (unpaired) electrons. The Morgan fingerprint density at radius 3 is 2.67 bits per heavy atom. The third-order valence-electron chi connectivity index (χ3n) is 5.84. The standard InChI is InChI=1S/C24H28N8S/c1-16-21(32-14-17(7-8-19(32)29-16)13-31-11-9-27-10-12-31)24-30-20(18-5-3-2-4-6-18)22(33-24)23(26)28-15-25/h2-8,14,27H,9-13,15,25H2,1H3,(H2,26,28). The van der Waals surface area contributed by atoms with Crippen molar-refractivity contribution in [2.24, 2.45) is 16.5 Å². The van der Waals surface area contributed by atoms with Gasteiger partial charge in [-0.1, -0.05) is 36.4 Å². The lowest BCUT2D eigenvalue weighted by Gasteiger charge is -2.27. The number of aliphatic imine (C=N–C) groups is 1. The molecule has 0 bridgehead atoms. The summed E-state index contributed by atoms with van der Waals surface area (Å²) in [5.41, 5.74) is 17.8. The van der Waals surface area contributed by atoms with Crippen LogP contribution in [0, 0.1) is 6.92 Å². The van der Waals surface area contributed by atoms with Crippen LogP contribution in [0.25, 0.3) is 27.6 Å². The molecule has 3 aromatic heterocycles. The molecule has 0 atom stereocenters. The normalized spacial score (nSPS) is 15.4. The van der Waals surface area contributed by atoms with E-state index < -0.39 is 0 Å². The highest BCUT2D eigenvalue weighted by Crippen LogP contribution is 2.35. The van der Waals surface area contributed by atoms with Gasteiger partial charge in [0.15, 0.2) is 0 Å². The summed E-state index contributed by atoms with van der Waals surface area (Å²) in [4.78, 5) is 17.4. The number of thiazole rings is 1. The molecule has 5 N–H and O–H groups in total. The first-order chi connectivity index (χ1) is 16.1. The Bertz CT molecular complexity index is 1280. The Hall–Kier alpha value is -3.11. The molecule has 1 aromatic carbocycles. The molecule has 33 heavy (non-hydrogen) atoms. The first-order valence-electron chi connectivity index (χ1n) is 11.1. The minimum absolute atomic E-state index is 0.136. The molecular weight excluding hydrogens is 432 g/mol. The van der Waals surface area contributed by atoms with Crippen molar-refractivity contribution >= 4 is 22.8 Å². The zero-order chi connectivity index (χ0) is 22.8. The van der Waals surface area contributed by atoms with Gasteiger partial charge in [0.25, 0.3) is 0 Å². The van der Waals surface area contributed by atoms with Gasteiger partial charge in [-0.05, 0) is 18.6 Å². The summed E-state index contributed by atoms with van der Waals surface area (Å²) < 4.78 is 2.15. The van der Waals surface area contributed by atoms with Gasteiger partial charge in [-0.2, -0.15) is 0 Å². The number of imidazole rings is 1. The monoisotopic (exact) mass is 460 g/mol. The minimum atomic E-state index is 0.136. The van der Waals surface area contributed by atoms with Gasteiger partial charge in [0.2, 0.25) is 0 Å². The topological polar surface area (TPSA) is 110 Å². The number of benzene rings is 1. The molecule has 0 spiro atoms. The summed E-state index contributed by atoms with van der Waals surface area (Å²) in [6.45, 7) is 7.27. The number of amidine groups is 1. The van der Waals surface area contributed by atoms with E-state index in [0.29, 0.717) is 5.84 Å². The number of nitrogens with two attached hydrogens (primary N) is 2. The number of nitrogens with zero attached hydrogens (tertiary/aromatic N) is 5. The van der Waals surface area contributed by atoms with Crippen LogP contribution < -0.4 is 16.8 Å². The highest BCUT2D eigenvalue weighted by Gasteiger charge is 2.21. The average molecular weight is 461 g/mol. The molecule has 1 saturated heterocycles. The average Bonchev–Trinajstić information content (AvgIpc) is 3.41. The number of pyridine rings is 1. The van der Waals surface area contributed by atoms with Gasteiger partial charge in [0.1, 0.15) is 22.2 Å². The number of nitrogens with one attached hydrogen (secondary N) is 1. The van der Waals surface area contributed by atoms with Crippen molar-refractivity contribution in [3.8, 4) is 22.0 Å². The van der Waals surface area contributed by atoms with Gasteiger partial charge in [-0.3, -0.25) is 14.3 Å². The van der Waals surface area contributed by atoms with Gasteiger partial charge in [-0.15, -0.1) is 11.3 Å². The van der Waals surface area contributed by atoms with Crippen LogP contribution in [-0.2, 0) is 6.54 Å². The Morgan fingerprint density at radius 1 is 1.12 bits per heavy atom. The molecule has 1 fully saturated rings. The maximum Gasteiger partial charge on any atom is 0.143 e. The second kappa shape index (κ2) is 9.40. The highest BCUT2D eigenvalue weighted by molar-refractivity contribution is 7.17. The van der Waals surface area contributed by atoms with E-state index in [-0.39, 0.29) is 6.67 Å². The molecule has 4 aromatic rings. The quantitative estimate of drug-likeness (QED) is 0.301. The maximum atomic E-state index is 6.30. The van der Waals surface area contributed by atoms with E-state index in [1.165, 1.54) is 16.9 Å². The molecule has 0 unspecified atom stereocenters. The first kappa shape index (κ1) is 21.7. The van der Waals surface area contributed by atoms with Crippen molar-refractivity contribution in [1.29, 1.82) is 0 Å². The molecule has 9 heteroatoms. The summed E-state index contributed by atoms with van der Waals surface area (Å²) in [5.74, 6) is 0.408. The number of aromatic nitrogens is 3. The molecule has 0 saturated carbocycles. The third kappa shape index (κ3) is 4.40.